The van der Waals surface area contributed by atoms with Gasteiger partial charge in [0.05, 0.1) is 6.54 Å². The summed E-state index contributed by atoms with van der Waals surface area (Å²) in [6.07, 6.45) is 2.09. The zero-order chi connectivity index (χ0) is 13.1. The van der Waals surface area contributed by atoms with E-state index in [0.29, 0.717) is 11.6 Å². The quantitative estimate of drug-likeness (QED) is 0.806. The summed E-state index contributed by atoms with van der Waals surface area (Å²) in [5.41, 5.74) is 0.546. The Hall–Kier alpha value is -1.49. The maximum atomic E-state index is 12.0. The van der Waals surface area contributed by atoms with Gasteiger partial charge in [-0.05, 0) is 31.0 Å². The molecule has 1 aliphatic rings. The second-order valence-corrected chi connectivity index (χ2v) is 5.07. The second-order valence-electron chi connectivity index (χ2n) is 4.55. The van der Waals surface area contributed by atoms with Crippen LogP contribution >= 0.6 is 12.6 Å². The number of nitrogens with one attached hydrogen (secondary N) is 1. The van der Waals surface area contributed by atoms with E-state index in [0.717, 1.165) is 17.7 Å². The van der Waals surface area contributed by atoms with Crippen LogP contribution in [0.5, 0.6) is 0 Å². The summed E-state index contributed by atoms with van der Waals surface area (Å²) < 4.78 is 0. The van der Waals surface area contributed by atoms with Crippen molar-refractivity contribution in [1.82, 2.24) is 10.2 Å². The van der Waals surface area contributed by atoms with E-state index in [2.05, 4.69) is 17.9 Å². The second kappa shape index (κ2) is 5.44. The third kappa shape index (κ3) is 3.50. The van der Waals surface area contributed by atoms with Gasteiger partial charge in [0, 0.05) is 23.5 Å². The molecule has 1 aromatic carbocycles. The van der Waals surface area contributed by atoms with Gasteiger partial charge in [-0.3, -0.25) is 9.59 Å². The van der Waals surface area contributed by atoms with Crippen LogP contribution in [0.4, 0.5) is 0 Å². The molecule has 2 amide bonds. The Balaban J connectivity index is 1.93. The number of nitrogens with zero attached hydrogens (tertiary/aromatic N) is 1. The molecule has 4 nitrogen and oxygen atoms in total. The van der Waals surface area contributed by atoms with Crippen LogP contribution < -0.4 is 5.32 Å². The number of benzene rings is 1. The third-order valence-corrected chi connectivity index (χ3v) is 3.04. The average molecular weight is 264 g/mol. The molecule has 2 rings (SSSR count). The summed E-state index contributed by atoms with van der Waals surface area (Å²) in [7, 11) is 1.63. The molecule has 0 unspecified atom stereocenters. The van der Waals surface area contributed by atoms with Crippen molar-refractivity contribution in [3.8, 4) is 0 Å². The van der Waals surface area contributed by atoms with Gasteiger partial charge in [-0.25, -0.2) is 0 Å². The van der Waals surface area contributed by atoms with Gasteiger partial charge in [0.1, 0.15) is 0 Å². The number of hydrogen-bond acceptors (Lipinski definition) is 3. The van der Waals surface area contributed by atoms with Gasteiger partial charge in [0.2, 0.25) is 5.91 Å². The molecule has 0 saturated heterocycles. The first kappa shape index (κ1) is 13.0. The van der Waals surface area contributed by atoms with Gasteiger partial charge >= 0.3 is 0 Å². The molecule has 0 bridgehead atoms. The van der Waals surface area contributed by atoms with Gasteiger partial charge in [0.25, 0.3) is 5.91 Å². The smallest absolute Gasteiger partial charge is 0.254 e. The van der Waals surface area contributed by atoms with Gasteiger partial charge < -0.3 is 10.2 Å². The SMILES string of the molecule is CN(CC(=O)NC1CC1)C(=O)c1cccc(S)c1. The number of rotatable bonds is 4. The van der Waals surface area contributed by atoms with Crippen LogP contribution in [0, 0.1) is 0 Å². The molecule has 1 aliphatic carbocycles. The number of likely N-dealkylation sites (N-methyl/N-ethyl adjacent to an activating group) is 1. The maximum Gasteiger partial charge on any atom is 0.254 e. The van der Waals surface area contributed by atoms with E-state index in [9.17, 15) is 9.59 Å². The predicted molar refractivity (Wildman–Crippen MR) is 71.8 cm³/mol. The first-order chi connectivity index (χ1) is 8.56. The van der Waals surface area contributed by atoms with Crippen molar-refractivity contribution < 1.29 is 9.59 Å². The fourth-order valence-electron chi connectivity index (χ4n) is 1.65. The normalized spacial score (nSPS) is 14.1. The van der Waals surface area contributed by atoms with Crippen molar-refractivity contribution in [2.75, 3.05) is 13.6 Å². The molecule has 1 aromatic rings. The van der Waals surface area contributed by atoms with Gasteiger partial charge in [-0.1, -0.05) is 6.07 Å². The number of amides is 2. The minimum atomic E-state index is -0.170. The molecular formula is C13H16N2O2S. The molecule has 0 heterocycles. The molecule has 18 heavy (non-hydrogen) atoms. The van der Waals surface area contributed by atoms with Crippen LogP contribution in [0.25, 0.3) is 0 Å². The van der Waals surface area contributed by atoms with E-state index in [4.69, 9.17) is 0 Å². The zero-order valence-electron chi connectivity index (χ0n) is 10.2. The average Bonchev–Trinajstić information content (AvgIpc) is 3.11. The lowest BCUT2D eigenvalue weighted by molar-refractivity contribution is -0.121. The highest BCUT2D eigenvalue weighted by molar-refractivity contribution is 7.80. The molecular weight excluding hydrogens is 248 g/mol. The molecule has 0 spiro atoms. The minimum absolute atomic E-state index is 0.0894. The van der Waals surface area contributed by atoms with E-state index >= 15 is 0 Å². The summed E-state index contributed by atoms with van der Waals surface area (Å²) >= 11 is 4.19. The summed E-state index contributed by atoms with van der Waals surface area (Å²) in [5.74, 6) is -0.271. The highest BCUT2D eigenvalue weighted by Crippen LogP contribution is 2.18. The largest absolute Gasteiger partial charge is 0.352 e. The van der Waals surface area contributed by atoms with Crippen molar-refractivity contribution in [3.63, 3.8) is 0 Å². The summed E-state index contributed by atoms with van der Waals surface area (Å²) in [6, 6.07) is 7.31. The van der Waals surface area contributed by atoms with E-state index in [1.54, 1.807) is 31.3 Å². The molecule has 1 fully saturated rings. The zero-order valence-corrected chi connectivity index (χ0v) is 11.1. The van der Waals surface area contributed by atoms with Crippen molar-refractivity contribution in [1.29, 1.82) is 0 Å². The number of carbonyl (C=O) groups is 2. The molecule has 96 valence electrons. The van der Waals surface area contributed by atoms with Gasteiger partial charge in [-0.2, -0.15) is 0 Å². The van der Waals surface area contributed by atoms with Crippen molar-refractivity contribution >= 4 is 24.4 Å². The Morgan fingerprint density at radius 1 is 1.44 bits per heavy atom. The van der Waals surface area contributed by atoms with Crippen molar-refractivity contribution in [3.05, 3.63) is 29.8 Å². The molecule has 0 aromatic heterocycles. The fourth-order valence-corrected chi connectivity index (χ4v) is 1.87. The van der Waals surface area contributed by atoms with Crippen LogP contribution in [0.15, 0.2) is 29.2 Å². The molecule has 1 saturated carbocycles. The first-order valence-corrected chi connectivity index (χ1v) is 6.35. The standard InChI is InChI=1S/C13H16N2O2S/c1-15(8-12(16)14-10-5-6-10)13(17)9-3-2-4-11(18)7-9/h2-4,7,10,18H,5-6,8H2,1H3,(H,14,16). The van der Waals surface area contributed by atoms with E-state index in [-0.39, 0.29) is 18.4 Å². The van der Waals surface area contributed by atoms with Gasteiger partial charge in [0.15, 0.2) is 0 Å². The lowest BCUT2D eigenvalue weighted by Crippen LogP contribution is -2.39. The van der Waals surface area contributed by atoms with Crippen LogP contribution in [-0.2, 0) is 4.79 Å². The van der Waals surface area contributed by atoms with Gasteiger partial charge in [-0.15, -0.1) is 12.6 Å². The topological polar surface area (TPSA) is 49.4 Å². The van der Waals surface area contributed by atoms with E-state index < -0.39 is 0 Å². The predicted octanol–water partition coefficient (Wildman–Crippen LogP) is 1.33. The monoisotopic (exact) mass is 264 g/mol. The summed E-state index contributed by atoms with van der Waals surface area (Å²) in [4.78, 5) is 25.8. The fraction of sp³-hybridized carbons (Fsp3) is 0.385. The third-order valence-electron chi connectivity index (χ3n) is 2.76. The Labute approximate surface area is 112 Å². The van der Waals surface area contributed by atoms with Crippen LogP contribution in [0.2, 0.25) is 0 Å². The van der Waals surface area contributed by atoms with Crippen molar-refractivity contribution in [2.45, 2.75) is 23.8 Å². The Kier molecular flexibility index (Phi) is 3.91. The summed E-state index contributed by atoms with van der Waals surface area (Å²) in [5, 5.41) is 2.85. The molecule has 0 radical (unpaired) electrons. The molecule has 1 N–H and O–H groups in total. The maximum absolute atomic E-state index is 12.0. The molecule has 5 heteroatoms. The molecule has 0 atom stereocenters. The van der Waals surface area contributed by atoms with Crippen LogP contribution in [-0.4, -0.2) is 36.3 Å². The lowest BCUT2D eigenvalue weighted by Gasteiger charge is -2.16. The molecule has 0 aliphatic heterocycles. The minimum Gasteiger partial charge on any atom is -0.352 e. The summed E-state index contributed by atoms with van der Waals surface area (Å²) in [6.45, 7) is 0.0894. The number of carbonyl (C=O) groups excluding carboxylic acids is 2. The highest BCUT2D eigenvalue weighted by Gasteiger charge is 2.24. The van der Waals surface area contributed by atoms with Crippen molar-refractivity contribution in [2.24, 2.45) is 0 Å². The number of thiol groups is 1. The number of hydrogen-bond donors (Lipinski definition) is 2. The lowest BCUT2D eigenvalue weighted by atomic mass is 10.2. The van der Waals surface area contributed by atoms with E-state index in [1.165, 1.54) is 4.90 Å². The Morgan fingerprint density at radius 2 is 2.17 bits per heavy atom. The van der Waals surface area contributed by atoms with Crippen LogP contribution in [0.3, 0.4) is 0 Å². The van der Waals surface area contributed by atoms with Crippen LogP contribution in [0.1, 0.15) is 23.2 Å². The Morgan fingerprint density at radius 3 is 2.78 bits per heavy atom. The first-order valence-electron chi connectivity index (χ1n) is 5.90. The highest BCUT2D eigenvalue weighted by atomic mass is 32.1. The Bertz CT molecular complexity index is 472. The van der Waals surface area contributed by atoms with E-state index in [1.807, 2.05) is 0 Å².